The highest BCUT2D eigenvalue weighted by atomic mass is 35.5. The molecule has 0 spiro atoms. The number of rotatable bonds is 5. The largest absolute Gasteiger partial charge is 0.313 e. The highest BCUT2D eigenvalue weighted by molar-refractivity contribution is 6.34. The van der Waals surface area contributed by atoms with E-state index in [4.69, 9.17) is 23.2 Å². The number of pyridine rings is 1. The van der Waals surface area contributed by atoms with E-state index in [2.05, 4.69) is 22.1 Å². The van der Waals surface area contributed by atoms with Gasteiger partial charge in [0, 0.05) is 35.9 Å². The van der Waals surface area contributed by atoms with Crippen molar-refractivity contribution in [1.82, 2.24) is 15.2 Å². The molecule has 2 heterocycles. The smallest absolute Gasteiger partial charge is 0.130 e. The number of hydrogen-bond donors (Lipinski definition) is 1. The zero-order valence-electron chi connectivity index (χ0n) is 10.6. The lowest BCUT2D eigenvalue weighted by Crippen LogP contribution is -2.37. The Hall–Kier alpha value is -0.350. The second kappa shape index (κ2) is 6.71. The Morgan fingerprint density at radius 3 is 2.94 bits per heavy atom. The molecule has 100 valence electrons. The Balaban J connectivity index is 1.96. The lowest BCUT2D eigenvalue weighted by molar-refractivity contribution is 0.253. The molecule has 1 N–H and O–H groups in total. The van der Waals surface area contributed by atoms with Gasteiger partial charge in [0.2, 0.25) is 0 Å². The van der Waals surface area contributed by atoms with Crippen molar-refractivity contribution in [3.8, 4) is 0 Å². The molecule has 1 saturated heterocycles. The molecule has 1 unspecified atom stereocenters. The van der Waals surface area contributed by atoms with Crippen molar-refractivity contribution in [1.29, 1.82) is 0 Å². The number of nitrogens with zero attached hydrogens (tertiary/aromatic N) is 2. The zero-order chi connectivity index (χ0) is 13.0. The normalized spacial score (nSPS) is 19.7. The summed E-state index contributed by atoms with van der Waals surface area (Å²) in [5, 5.41) is 4.67. The van der Waals surface area contributed by atoms with Crippen molar-refractivity contribution < 1.29 is 0 Å². The average molecular weight is 288 g/mol. The Kier molecular flexibility index (Phi) is 5.25. The number of nitrogens with one attached hydrogen (secondary N) is 1. The van der Waals surface area contributed by atoms with Crippen LogP contribution in [-0.2, 0) is 6.54 Å². The fourth-order valence-electron chi connectivity index (χ4n) is 2.32. The monoisotopic (exact) mass is 287 g/mol. The molecule has 1 atom stereocenters. The standard InChI is InChI=1S/C13H19Cl2N3/c1-2-18(9-11-4-3-5-16-11)8-10-7-17-13(15)6-12(10)14/h6-7,11,16H,2-5,8-9H2,1H3. The molecule has 1 fully saturated rings. The van der Waals surface area contributed by atoms with Gasteiger partial charge in [-0.3, -0.25) is 4.90 Å². The summed E-state index contributed by atoms with van der Waals surface area (Å²) in [4.78, 5) is 6.49. The minimum atomic E-state index is 0.448. The molecule has 5 heteroatoms. The van der Waals surface area contributed by atoms with E-state index < -0.39 is 0 Å². The zero-order valence-corrected chi connectivity index (χ0v) is 12.1. The first kappa shape index (κ1) is 14.1. The van der Waals surface area contributed by atoms with E-state index >= 15 is 0 Å². The topological polar surface area (TPSA) is 28.2 Å². The number of halogens is 2. The molecule has 1 aliphatic heterocycles. The van der Waals surface area contributed by atoms with Crippen molar-refractivity contribution in [2.24, 2.45) is 0 Å². The summed E-state index contributed by atoms with van der Waals surface area (Å²) in [6.07, 6.45) is 4.32. The first-order chi connectivity index (χ1) is 8.69. The Morgan fingerprint density at radius 2 is 2.33 bits per heavy atom. The van der Waals surface area contributed by atoms with Gasteiger partial charge in [0.25, 0.3) is 0 Å². The van der Waals surface area contributed by atoms with Crippen LogP contribution in [0.4, 0.5) is 0 Å². The number of hydrogen-bond acceptors (Lipinski definition) is 3. The molecular weight excluding hydrogens is 269 g/mol. The minimum Gasteiger partial charge on any atom is -0.313 e. The molecule has 1 aliphatic rings. The molecular formula is C13H19Cl2N3. The predicted molar refractivity (Wildman–Crippen MR) is 76.2 cm³/mol. The van der Waals surface area contributed by atoms with E-state index in [1.807, 2.05) is 0 Å². The first-order valence-electron chi connectivity index (χ1n) is 6.44. The van der Waals surface area contributed by atoms with E-state index in [0.717, 1.165) is 31.7 Å². The quantitative estimate of drug-likeness (QED) is 0.844. The third-order valence-corrected chi connectivity index (χ3v) is 3.94. The highest BCUT2D eigenvalue weighted by Crippen LogP contribution is 2.20. The Bertz CT molecular complexity index is 392. The van der Waals surface area contributed by atoms with Gasteiger partial charge in [0.15, 0.2) is 0 Å². The summed E-state index contributed by atoms with van der Waals surface area (Å²) >= 11 is 12.0. The van der Waals surface area contributed by atoms with Crippen LogP contribution < -0.4 is 5.32 Å². The van der Waals surface area contributed by atoms with Gasteiger partial charge in [-0.15, -0.1) is 0 Å². The molecule has 1 aromatic rings. The maximum Gasteiger partial charge on any atom is 0.130 e. The summed E-state index contributed by atoms with van der Waals surface area (Å²) in [6, 6.07) is 2.32. The van der Waals surface area contributed by atoms with E-state index in [1.54, 1.807) is 12.3 Å². The van der Waals surface area contributed by atoms with Gasteiger partial charge in [-0.25, -0.2) is 4.98 Å². The van der Waals surface area contributed by atoms with E-state index in [-0.39, 0.29) is 0 Å². The third kappa shape index (κ3) is 3.82. The highest BCUT2D eigenvalue weighted by Gasteiger charge is 2.17. The van der Waals surface area contributed by atoms with Crippen LogP contribution in [0.2, 0.25) is 10.2 Å². The van der Waals surface area contributed by atoms with E-state index in [0.29, 0.717) is 16.2 Å². The number of aromatic nitrogens is 1. The fraction of sp³-hybridized carbons (Fsp3) is 0.615. The Labute approximate surface area is 118 Å². The second-order valence-corrected chi connectivity index (χ2v) is 5.51. The van der Waals surface area contributed by atoms with Gasteiger partial charge in [-0.2, -0.15) is 0 Å². The lowest BCUT2D eigenvalue weighted by atomic mass is 10.2. The molecule has 0 aromatic carbocycles. The predicted octanol–water partition coefficient (Wildman–Crippen LogP) is 2.96. The van der Waals surface area contributed by atoms with Crippen LogP contribution in [0.1, 0.15) is 25.3 Å². The van der Waals surface area contributed by atoms with E-state index in [9.17, 15) is 0 Å². The maximum atomic E-state index is 6.18. The van der Waals surface area contributed by atoms with Crippen molar-refractivity contribution in [2.75, 3.05) is 19.6 Å². The van der Waals surface area contributed by atoms with Gasteiger partial charge >= 0.3 is 0 Å². The molecule has 0 amide bonds. The molecule has 0 radical (unpaired) electrons. The second-order valence-electron chi connectivity index (χ2n) is 4.72. The molecule has 1 aromatic heterocycles. The van der Waals surface area contributed by atoms with Crippen molar-refractivity contribution in [3.05, 3.63) is 28.0 Å². The van der Waals surface area contributed by atoms with Crippen LogP contribution >= 0.6 is 23.2 Å². The van der Waals surface area contributed by atoms with Crippen LogP contribution in [-0.4, -0.2) is 35.6 Å². The minimum absolute atomic E-state index is 0.448. The fourth-order valence-corrected chi connectivity index (χ4v) is 2.75. The molecule has 0 aliphatic carbocycles. The van der Waals surface area contributed by atoms with Crippen molar-refractivity contribution in [3.63, 3.8) is 0 Å². The van der Waals surface area contributed by atoms with E-state index in [1.165, 1.54) is 12.8 Å². The van der Waals surface area contributed by atoms with Gasteiger partial charge in [-0.05, 0) is 32.0 Å². The van der Waals surface area contributed by atoms with Gasteiger partial charge in [-0.1, -0.05) is 30.1 Å². The number of likely N-dealkylation sites (N-methyl/N-ethyl adjacent to an activating group) is 1. The van der Waals surface area contributed by atoms with Gasteiger partial charge in [0.1, 0.15) is 5.15 Å². The first-order valence-corrected chi connectivity index (χ1v) is 7.20. The van der Waals surface area contributed by atoms with Crippen molar-refractivity contribution in [2.45, 2.75) is 32.4 Å². The van der Waals surface area contributed by atoms with Crippen molar-refractivity contribution >= 4 is 23.2 Å². The molecule has 0 saturated carbocycles. The average Bonchev–Trinajstić information content (AvgIpc) is 2.84. The van der Waals surface area contributed by atoms with Crippen LogP contribution in [0.3, 0.4) is 0 Å². The molecule has 18 heavy (non-hydrogen) atoms. The third-order valence-electron chi connectivity index (χ3n) is 3.38. The summed E-state index contributed by atoms with van der Waals surface area (Å²) < 4.78 is 0. The summed E-state index contributed by atoms with van der Waals surface area (Å²) in [5.41, 5.74) is 1.04. The molecule has 0 bridgehead atoms. The van der Waals surface area contributed by atoms with Crippen LogP contribution in [0.25, 0.3) is 0 Å². The van der Waals surface area contributed by atoms with Crippen LogP contribution in [0.15, 0.2) is 12.3 Å². The summed E-state index contributed by atoms with van der Waals surface area (Å²) in [6.45, 7) is 6.22. The van der Waals surface area contributed by atoms with Crippen LogP contribution in [0.5, 0.6) is 0 Å². The maximum absolute atomic E-state index is 6.18. The molecule has 3 nitrogen and oxygen atoms in total. The van der Waals surface area contributed by atoms with Gasteiger partial charge < -0.3 is 5.32 Å². The lowest BCUT2D eigenvalue weighted by Gasteiger charge is -2.24. The Morgan fingerprint density at radius 1 is 1.50 bits per heavy atom. The summed E-state index contributed by atoms with van der Waals surface area (Å²) in [5.74, 6) is 0. The molecule has 2 rings (SSSR count). The summed E-state index contributed by atoms with van der Waals surface area (Å²) in [7, 11) is 0. The SMILES string of the molecule is CCN(Cc1cnc(Cl)cc1Cl)CC1CCCN1. The van der Waals surface area contributed by atoms with Gasteiger partial charge in [0.05, 0.1) is 0 Å². The van der Waals surface area contributed by atoms with Crippen LogP contribution in [0, 0.1) is 0 Å².